The number of carbonyl (C=O) groups is 1. The van der Waals surface area contributed by atoms with Crippen molar-refractivity contribution in [2.75, 3.05) is 70.0 Å². The Morgan fingerprint density at radius 3 is 2.13 bits per heavy atom. The van der Waals surface area contributed by atoms with E-state index in [-0.39, 0.29) is 5.91 Å². The molecule has 0 saturated carbocycles. The molecule has 1 rings (SSSR count). The van der Waals surface area contributed by atoms with E-state index in [9.17, 15) is 4.79 Å². The Hall–Kier alpha value is -1.27. The van der Waals surface area contributed by atoms with Crippen LogP contribution in [0.1, 0.15) is 25.3 Å². The first-order chi connectivity index (χ1) is 14.3. The topological polar surface area (TPSA) is 44.4 Å². The Kier molecular flexibility index (Phi) is 13.1. The number of alkyl halides is 2. The first kappa shape index (κ1) is 26.8. The van der Waals surface area contributed by atoms with E-state index in [1.807, 2.05) is 0 Å². The van der Waals surface area contributed by atoms with Crippen LogP contribution in [0.5, 0.6) is 0 Å². The molecule has 7 heteroatoms. The van der Waals surface area contributed by atoms with Crippen molar-refractivity contribution in [1.29, 1.82) is 0 Å². The summed E-state index contributed by atoms with van der Waals surface area (Å²) in [6, 6.07) is 8.61. The standard InChI is InChI=1S/C23H38Cl2N4O/c1-20(2)23(30)27-14-6-18-29(3,4)17-5-13-26-19-21-7-9-22(10-8-21)28(15-11-24)16-12-25/h7-10,26H,1,5-6,11-19H2,2-4H3/p+1. The van der Waals surface area contributed by atoms with Crippen LogP contribution in [-0.2, 0) is 11.3 Å². The van der Waals surface area contributed by atoms with Crippen LogP contribution in [0.2, 0.25) is 0 Å². The second-order valence-corrected chi connectivity index (χ2v) is 9.09. The molecule has 0 saturated heterocycles. The van der Waals surface area contributed by atoms with Crippen LogP contribution in [0.25, 0.3) is 0 Å². The largest absolute Gasteiger partial charge is 0.369 e. The molecule has 1 aromatic carbocycles. The lowest BCUT2D eigenvalue weighted by atomic mass is 10.2. The SMILES string of the molecule is C=C(C)C(=O)NCCC[N+](C)(C)CCCNCc1ccc(N(CCCl)CCCl)cc1. The molecular formula is C23H39Cl2N4O+. The van der Waals surface area contributed by atoms with Gasteiger partial charge in [-0.1, -0.05) is 18.7 Å². The first-order valence-electron chi connectivity index (χ1n) is 10.7. The van der Waals surface area contributed by atoms with Crippen molar-refractivity contribution in [3.05, 3.63) is 42.0 Å². The number of benzene rings is 1. The number of hydrogen-bond donors (Lipinski definition) is 2. The highest BCUT2D eigenvalue weighted by Gasteiger charge is 2.14. The summed E-state index contributed by atoms with van der Waals surface area (Å²) in [4.78, 5) is 13.7. The fourth-order valence-corrected chi connectivity index (χ4v) is 3.64. The second-order valence-electron chi connectivity index (χ2n) is 8.33. The van der Waals surface area contributed by atoms with Crippen LogP contribution in [-0.4, -0.2) is 75.5 Å². The molecule has 0 aliphatic carbocycles. The third-order valence-electron chi connectivity index (χ3n) is 5.07. The minimum absolute atomic E-state index is 0.0525. The lowest BCUT2D eigenvalue weighted by Gasteiger charge is -2.30. The van der Waals surface area contributed by atoms with E-state index < -0.39 is 0 Å². The molecule has 0 radical (unpaired) electrons. The Balaban J connectivity index is 2.24. The van der Waals surface area contributed by atoms with Crippen molar-refractivity contribution >= 4 is 34.8 Å². The molecule has 0 aliphatic rings. The third kappa shape index (κ3) is 11.2. The van der Waals surface area contributed by atoms with Crippen molar-refractivity contribution in [2.24, 2.45) is 0 Å². The Labute approximate surface area is 193 Å². The number of amides is 1. The Morgan fingerprint density at radius 2 is 1.60 bits per heavy atom. The number of carbonyl (C=O) groups excluding carboxylic acids is 1. The van der Waals surface area contributed by atoms with Gasteiger partial charge in [-0.2, -0.15) is 0 Å². The van der Waals surface area contributed by atoms with Gasteiger partial charge in [-0.15, -0.1) is 23.2 Å². The molecule has 0 unspecified atom stereocenters. The Bertz CT molecular complexity index is 629. The molecule has 1 aromatic rings. The van der Waals surface area contributed by atoms with Gasteiger partial charge in [-0.05, 0) is 24.6 Å². The molecule has 5 nitrogen and oxygen atoms in total. The molecule has 170 valence electrons. The van der Waals surface area contributed by atoms with Crippen LogP contribution in [0.15, 0.2) is 36.4 Å². The van der Waals surface area contributed by atoms with Gasteiger partial charge in [0.2, 0.25) is 5.91 Å². The lowest BCUT2D eigenvalue weighted by molar-refractivity contribution is -0.890. The lowest BCUT2D eigenvalue weighted by Crippen LogP contribution is -2.43. The van der Waals surface area contributed by atoms with Gasteiger partial charge in [0.1, 0.15) is 0 Å². The number of halogens is 2. The number of rotatable bonds is 16. The third-order valence-corrected chi connectivity index (χ3v) is 5.41. The average Bonchev–Trinajstić information content (AvgIpc) is 2.71. The van der Waals surface area contributed by atoms with Crippen molar-refractivity contribution in [2.45, 2.75) is 26.3 Å². The van der Waals surface area contributed by atoms with Gasteiger partial charge < -0.3 is 20.0 Å². The summed E-state index contributed by atoms with van der Waals surface area (Å²) in [5.74, 6) is 1.14. The molecule has 1 amide bonds. The van der Waals surface area contributed by atoms with Crippen molar-refractivity contribution < 1.29 is 9.28 Å². The summed E-state index contributed by atoms with van der Waals surface area (Å²) < 4.78 is 0.955. The maximum absolute atomic E-state index is 11.5. The molecule has 2 N–H and O–H groups in total. The Morgan fingerprint density at radius 1 is 1.03 bits per heavy atom. The van der Waals surface area contributed by atoms with Crippen LogP contribution in [0, 0.1) is 0 Å². The highest BCUT2D eigenvalue weighted by molar-refractivity contribution is 6.18. The van der Waals surface area contributed by atoms with Gasteiger partial charge in [-0.3, -0.25) is 4.79 Å². The molecule has 0 aromatic heterocycles. The van der Waals surface area contributed by atoms with Crippen molar-refractivity contribution in [1.82, 2.24) is 10.6 Å². The quantitative estimate of drug-likeness (QED) is 0.172. The predicted molar refractivity (Wildman–Crippen MR) is 131 cm³/mol. The summed E-state index contributed by atoms with van der Waals surface area (Å²) in [7, 11) is 4.49. The summed E-state index contributed by atoms with van der Waals surface area (Å²) in [5, 5.41) is 6.43. The number of nitrogens with one attached hydrogen (secondary N) is 2. The van der Waals surface area contributed by atoms with E-state index in [4.69, 9.17) is 23.2 Å². The molecule has 0 fully saturated rings. The average molecular weight is 458 g/mol. The summed E-state index contributed by atoms with van der Waals surface area (Å²) >= 11 is 11.8. The fraction of sp³-hybridized carbons (Fsp3) is 0.609. The van der Waals surface area contributed by atoms with Crippen LogP contribution < -0.4 is 15.5 Å². The molecule has 0 spiro atoms. The highest BCUT2D eigenvalue weighted by atomic mass is 35.5. The zero-order valence-corrected chi connectivity index (χ0v) is 20.4. The summed E-state index contributed by atoms with van der Waals surface area (Å²) in [5.41, 5.74) is 3.00. The maximum atomic E-state index is 11.5. The van der Waals surface area contributed by atoms with Gasteiger partial charge in [0, 0.05) is 68.6 Å². The zero-order chi connectivity index (χ0) is 22.4. The van der Waals surface area contributed by atoms with Gasteiger partial charge >= 0.3 is 0 Å². The molecule has 0 bridgehead atoms. The van der Waals surface area contributed by atoms with E-state index in [0.29, 0.717) is 23.9 Å². The van der Waals surface area contributed by atoms with Gasteiger partial charge in [0.15, 0.2) is 0 Å². The minimum Gasteiger partial charge on any atom is -0.369 e. The van der Waals surface area contributed by atoms with Gasteiger partial charge in [-0.25, -0.2) is 0 Å². The molecule has 30 heavy (non-hydrogen) atoms. The van der Waals surface area contributed by atoms with E-state index in [0.717, 1.165) is 56.6 Å². The molecular weight excluding hydrogens is 419 g/mol. The maximum Gasteiger partial charge on any atom is 0.246 e. The van der Waals surface area contributed by atoms with Gasteiger partial charge in [0.05, 0.1) is 27.2 Å². The van der Waals surface area contributed by atoms with E-state index >= 15 is 0 Å². The molecule has 0 heterocycles. The van der Waals surface area contributed by atoms with Crippen molar-refractivity contribution in [3.63, 3.8) is 0 Å². The molecule has 0 atom stereocenters. The fourth-order valence-electron chi connectivity index (χ4n) is 3.24. The number of anilines is 1. The van der Waals surface area contributed by atoms with E-state index in [1.54, 1.807) is 6.92 Å². The first-order valence-corrected chi connectivity index (χ1v) is 11.8. The van der Waals surface area contributed by atoms with Crippen LogP contribution in [0.3, 0.4) is 0 Å². The smallest absolute Gasteiger partial charge is 0.246 e. The molecule has 0 aliphatic heterocycles. The van der Waals surface area contributed by atoms with Gasteiger partial charge in [0.25, 0.3) is 0 Å². The van der Waals surface area contributed by atoms with Crippen LogP contribution >= 0.6 is 23.2 Å². The minimum atomic E-state index is -0.0525. The zero-order valence-electron chi connectivity index (χ0n) is 18.9. The number of nitrogens with zero attached hydrogens (tertiary/aromatic N) is 2. The predicted octanol–water partition coefficient (Wildman–Crippen LogP) is 3.61. The van der Waals surface area contributed by atoms with E-state index in [1.165, 1.54) is 11.3 Å². The van der Waals surface area contributed by atoms with E-state index in [2.05, 4.69) is 60.5 Å². The number of hydrogen-bond acceptors (Lipinski definition) is 3. The normalized spacial score (nSPS) is 11.4. The highest BCUT2D eigenvalue weighted by Crippen LogP contribution is 2.15. The number of quaternary nitrogens is 1. The summed E-state index contributed by atoms with van der Waals surface area (Å²) in [6.07, 6.45) is 2.08. The second kappa shape index (κ2) is 14.7. The van der Waals surface area contributed by atoms with Crippen molar-refractivity contribution in [3.8, 4) is 0 Å². The monoisotopic (exact) mass is 457 g/mol. The summed E-state index contributed by atoms with van der Waals surface area (Å²) in [6.45, 7) is 11.7. The van der Waals surface area contributed by atoms with Crippen LogP contribution in [0.4, 0.5) is 5.69 Å².